The average Bonchev–Trinajstić information content (AvgIpc) is 3.38. The van der Waals surface area contributed by atoms with Crippen molar-refractivity contribution in [2.24, 2.45) is 0 Å². The molecule has 0 bridgehead atoms. The van der Waals surface area contributed by atoms with Crippen LogP contribution < -0.4 is 14.8 Å². The van der Waals surface area contributed by atoms with E-state index < -0.39 is 0 Å². The van der Waals surface area contributed by atoms with Crippen LogP contribution in [0.4, 0.5) is 0 Å². The van der Waals surface area contributed by atoms with E-state index in [1.165, 1.54) is 12.7 Å². The highest BCUT2D eigenvalue weighted by Gasteiger charge is 2.32. The number of nitrogens with zero attached hydrogens (tertiary/aromatic N) is 2. The molecule has 1 unspecified atom stereocenters. The van der Waals surface area contributed by atoms with Gasteiger partial charge in [0.05, 0.1) is 20.8 Å². The Labute approximate surface area is 195 Å². The molecule has 0 spiro atoms. The van der Waals surface area contributed by atoms with E-state index in [4.69, 9.17) is 9.47 Å². The van der Waals surface area contributed by atoms with Crippen LogP contribution in [0.2, 0.25) is 0 Å². The van der Waals surface area contributed by atoms with Crippen molar-refractivity contribution >= 4 is 11.8 Å². The molecule has 2 aromatic rings. The number of amides is 2. The van der Waals surface area contributed by atoms with Gasteiger partial charge in [0.1, 0.15) is 0 Å². The van der Waals surface area contributed by atoms with Crippen molar-refractivity contribution in [3.63, 3.8) is 0 Å². The molecule has 2 aromatic carbocycles. The van der Waals surface area contributed by atoms with Gasteiger partial charge in [0, 0.05) is 24.7 Å². The van der Waals surface area contributed by atoms with Crippen molar-refractivity contribution in [2.45, 2.75) is 31.2 Å². The molecule has 0 saturated carbocycles. The van der Waals surface area contributed by atoms with Crippen molar-refractivity contribution in [3.8, 4) is 11.5 Å². The summed E-state index contributed by atoms with van der Waals surface area (Å²) in [7, 11) is 3.07. The Hall–Kier alpha value is -3.06. The second kappa shape index (κ2) is 10.7. The maximum Gasteiger partial charge on any atom is 0.251 e. The number of hydrogen-bond donors (Lipinski definition) is 1. The van der Waals surface area contributed by atoms with Gasteiger partial charge >= 0.3 is 0 Å². The summed E-state index contributed by atoms with van der Waals surface area (Å²) in [5.74, 6) is 1.33. The van der Waals surface area contributed by atoms with E-state index in [1.807, 2.05) is 4.90 Å². The molecule has 2 saturated heterocycles. The second-order valence-electron chi connectivity index (χ2n) is 8.76. The summed E-state index contributed by atoms with van der Waals surface area (Å²) in [5.41, 5.74) is 1.87. The molecule has 4 rings (SSSR count). The summed E-state index contributed by atoms with van der Waals surface area (Å²) >= 11 is 0. The third-order valence-electron chi connectivity index (χ3n) is 6.88. The van der Waals surface area contributed by atoms with Crippen LogP contribution >= 0.6 is 0 Å². The molecule has 0 radical (unpaired) electrons. The topological polar surface area (TPSA) is 71.1 Å². The molecule has 2 aliphatic rings. The van der Waals surface area contributed by atoms with E-state index in [0.29, 0.717) is 29.0 Å². The zero-order chi connectivity index (χ0) is 23.2. The number of carbonyl (C=O) groups is 2. The van der Waals surface area contributed by atoms with E-state index >= 15 is 0 Å². The predicted molar refractivity (Wildman–Crippen MR) is 127 cm³/mol. The molecule has 176 valence electrons. The lowest BCUT2D eigenvalue weighted by Crippen LogP contribution is -2.44. The van der Waals surface area contributed by atoms with E-state index in [1.54, 1.807) is 25.3 Å². The van der Waals surface area contributed by atoms with E-state index in [-0.39, 0.29) is 18.4 Å². The second-order valence-corrected chi connectivity index (χ2v) is 8.76. The molecule has 33 heavy (non-hydrogen) atoms. The number of piperidine rings is 1. The van der Waals surface area contributed by atoms with Crippen molar-refractivity contribution in [3.05, 3.63) is 59.7 Å². The number of carbonyl (C=O) groups excluding carboxylic acids is 2. The van der Waals surface area contributed by atoms with Crippen LogP contribution in [0, 0.1) is 0 Å². The lowest BCUT2D eigenvalue weighted by molar-refractivity contribution is -0.129. The zero-order valence-electron chi connectivity index (χ0n) is 19.5. The molecular formula is C26H33N3O4. The third kappa shape index (κ3) is 5.47. The molecule has 2 aliphatic heterocycles. The summed E-state index contributed by atoms with van der Waals surface area (Å²) < 4.78 is 10.5. The van der Waals surface area contributed by atoms with Gasteiger partial charge in [0.2, 0.25) is 5.91 Å². The predicted octanol–water partition coefficient (Wildman–Crippen LogP) is 2.91. The van der Waals surface area contributed by atoms with Crippen molar-refractivity contribution in [1.82, 2.24) is 15.1 Å². The van der Waals surface area contributed by atoms with Gasteiger partial charge in [0.15, 0.2) is 11.5 Å². The number of hydrogen-bond acceptors (Lipinski definition) is 5. The van der Waals surface area contributed by atoms with E-state index in [0.717, 1.165) is 45.4 Å². The van der Waals surface area contributed by atoms with Crippen LogP contribution in [0.1, 0.15) is 41.1 Å². The first-order valence-corrected chi connectivity index (χ1v) is 11.7. The number of rotatable bonds is 7. The van der Waals surface area contributed by atoms with E-state index in [2.05, 4.69) is 40.5 Å². The maximum absolute atomic E-state index is 12.7. The number of methoxy groups -OCH3 is 2. The van der Waals surface area contributed by atoms with Crippen LogP contribution in [-0.4, -0.2) is 74.6 Å². The lowest BCUT2D eigenvalue weighted by Gasteiger charge is -2.36. The fraction of sp³-hybridized carbons (Fsp3) is 0.462. The van der Waals surface area contributed by atoms with Gasteiger partial charge in [-0.1, -0.05) is 30.3 Å². The Morgan fingerprint density at radius 3 is 2.36 bits per heavy atom. The highest BCUT2D eigenvalue weighted by atomic mass is 16.5. The Morgan fingerprint density at radius 2 is 1.67 bits per heavy atom. The Morgan fingerprint density at radius 1 is 0.939 bits per heavy atom. The zero-order valence-corrected chi connectivity index (χ0v) is 19.5. The summed E-state index contributed by atoms with van der Waals surface area (Å²) in [6, 6.07) is 16.1. The van der Waals surface area contributed by atoms with Crippen LogP contribution in [0.15, 0.2) is 48.5 Å². The third-order valence-corrected chi connectivity index (χ3v) is 6.88. The molecule has 2 heterocycles. The van der Waals surface area contributed by atoms with Crippen molar-refractivity contribution in [2.75, 3.05) is 46.9 Å². The number of ether oxygens (including phenoxy) is 2. The SMILES string of the molecule is COc1ccc(C(=O)NCC(=O)N2CCC(N3CCC(c4ccccc4)CC3)C2)cc1OC. The van der Waals surface area contributed by atoms with Crippen molar-refractivity contribution < 1.29 is 19.1 Å². The molecule has 2 amide bonds. The van der Waals surface area contributed by atoms with Gasteiger partial charge in [-0.3, -0.25) is 14.5 Å². The molecule has 2 fully saturated rings. The minimum atomic E-state index is -0.303. The standard InChI is InChI=1S/C26H33N3O4/c1-32-23-9-8-21(16-24(23)33-2)26(31)27-17-25(30)29-15-12-22(18-29)28-13-10-20(11-14-28)19-6-4-3-5-7-19/h3-9,16,20,22H,10-15,17-18H2,1-2H3,(H,27,31). The Bertz CT molecular complexity index is 957. The lowest BCUT2D eigenvalue weighted by atomic mass is 9.89. The van der Waals surface area contributed by atoms with Crippen LogP contribution in [0.25, 0.3) is 0 Å². The smallest absolute Gasteiger partial charge is 0.251 e. The van der Waals surface area contributed by atoms with Crippen LogP contribution in [-0.2, 0) is 4.79 Å². The van der Waals surface area contributed by atoms with Gasteiger partial charge in [-0.2, -0.15) is 0 Å². The summed E-state index contributed by atoms with van der Waals surface area (Å²) in [6.07, 6.45) is 3.32. The summed E-state index contributed by atoms with van der Waals surface area (Å²) in [5, 5.41) is 2.74. The number of benzene rings is 2. The first kappa shape index (κ1) is 23.1. The molecule has 1 N–H and O–H groups in total. The van der Waals surface area contributed by atoms with Crippen LogP contribution in [0.5, 0.6) is 11.5 Å². The minimum absolute atomic E-state index is 0.00399. The minimum Gasteiger partial charge on any atom is -0.493 e. The van der Waals surface area contributed by atoms with Gasteiger partial charge in [-0.15, -0.1) is 0 Å². The van der Waals surface area contributed by atoms with Crippen LogP contribution in [0.3, 0.4) is 0 Å². The molecule has 1 atom stereocenters. The van der Waals surface area contributed by atoms with Gasteiger partial charge < -0.3 is 19.7 Å². The molecule has 0 aromatic heterocycles. The average molecular weight is 452 g/mol. The number of likely N-dealkylation sites (tertiary alicyclic amines) is 2. The van der Waals surface area contributed by atoms with E-state index in [9.17, 15) is 9.59 Å². The molecule has 0 aliphatic carbocycles. The molecule has 7 heteroatoms. The largest absolute Gasteiger partial charge is 0.493 e. The first-order chi connectivity index (χ1) is 16.1. The fourth-order valence-electron chi connectivity index (χ4n) is 4.94. The molecular weight excluding hydrogens is 418 g/mol. The highest BCUT2D eigenvalue weighted by Crippen LogP contribution is 2.30. The number of nitrogens with one attached hydrogen (secondary N) is 1. The quantitative estimate of drug-likeness (QED) is 0.701. The van der Waals surface area contributed by atoms with Crippen molar-refractivity contribution in [1.29, 1.82) is 0 Å². The Balaban J connectivity index is 1.23. The van der Waals surface area contributed by atoms with Gasteiger partial charge in [0.25, 0.3) is 5.91 Å². The maximum atomic E-state index is 12.7. The summed E-state index contributed by atoms with van der Waals surface area (Å²) in [4.78, 5) is 29.6. The monoisotopic (exact) mass is 451 g/mol. The van der Waals surface area contributed by atoms with Gasteiger partial charge in [-0.25, -0.2) is 0 Å². The Kier molecular flexibility index (Phi) is 7.50. The first-order valence-electron chi connectivity index (χ1n) is 11.7. The summed E-state index contributed by atoms with van der Waals surface area (Å²) in [6.45, 7) is 3.62. The fourth-order valence-corrected chi connectivity index (χ4v) is 4.94. The normalized spacial score (nSPS) is 19.3. The highest BCUT2D eigenvalue weighted by molar-refractivity contribution is 5.97. The molecule has 7 nitrogen and oxygen atoms in total. The van der Waals surface area contributed by atoms with Gasteiger partial charge in [-0.05, 0) is 62.0 Å².